The third kappa shape index (κ3) is 1.38. The normalized spacial score (nSPS) is 34.1. The number of hydrogen-bond acceptors (Lipinski definition) is 2. The third-order valence-electron chi connectivity index (χ3n) is 2.67. The lowest BCUT2D eigenvalue weighted by Crippen LogP contribution is -2.62. The second-order valence-electron chi connectivity index (χ2n) is 3.62. The molecule has 1 fully saturated rings. The average Bonchev–Trinajstić information content (AvgIpc) is 1.95. The highest BCUT2D eigenvalue weighted by molar-refractivity contribution is 5.06. The Balaban J connectivity index is 2.90. The topological polar surface area (TPSA) is 46.2 Å². The molecule has 0 aromatic carbocycles. The van der Waals surface area contributed by atoms with Crippen LogP contribution in [0.15, 0.2) is 0 Å². The maximum atomic E-state index is 12.9. The molecule has 1 saturated carbocycles. The maximum Gasteiger partial charge on any atom is 0.453 e. The van der Waals surface area contributed by atoms with Crippen molar-refractivity contribution in [1.82, 2.24) is 0 Å². The van der Waals surface area contributed by atoms with Crippen molar-refractivity contribution in [3.63, 3.8) is 0 Å². The molecule has 0 aliphatic heterocycles. The summed E-state index contributed by atoms with van der Waals surface area (Å²) in [5, 5.41) is 8.79. The van der Waals surface area contributed by atoms with Gasteiger partial charge in [-0.25, -0.2) is 0 Å². The van der Waals surface area contributed by atoms with E-state index >= 15 is 0 Å². The van der Waals surface area contributed by atoms with Gasteiger partial charge in [-0.3, -0.25) is 0 Å². The number of halogens is 5. The number of aliphatic hydroxyl groups excluding tert-OH is 1. The lowest BCUT2D eigenvalue weighted by atomic mass is 9.62. The molecule has 7 heteroatoms. The van der Waals surface area contributed by atoms with E-state index < -0.39 is 43.0 Å². The van der Waals surface area contributed by atoms with Crippen molar-refractivity contribution in [3.8, 4) is 0 Å². The Morgan fingerprint density at radius 1 is 1.21 bits per heavy atom. The molecular formula is C7H10F5NO. The van der Waals surface area contributed by atoms with Gasteiger partial charge < -0.3 is 10.8 Å². The van der Waals surface area contributed by atoms with Crippen LogP contribution in [0.25, 0.3) is 0 Å². The first-order chi connectivity index (χ1) is 6.16. The summed E-state index contributed by atoms with van der Waals surface area (Å²) in [5.74, 6) is -4.83. The Morgan fingerprint density at radius 2 is 1.64 bits per heavy atom. The third-order valence-corrected chi connectivity index (χ3v) is 2.67. The molecule has 0 saturated heterocycles. The number of rotatable bonds is 2. The monoisotopic (exact) mass is 219 g/mol. The average molecular weight is 219 g/mol. The van der Waals surface area contributed by atoms with E-state index in [2.05, 4.69) is 0 Å². The minimum atomic E-state index is -5.60. The molecule has 2 nitrogen and oxygen atoms in total. The molecular weight excluding hydrogens is 209 g/mol. The van der Waals surface area contributed by atoms with Gasteiger partial charge in [-0.15, -0.1) is 0 Å². The number of nitrogens with two attached hydrogens (primary N) is 1. The van der Waals surface area contributed by atoms with Crippen LogP contribution in [0.5, 0.6) is 0 Å². The second-order valence-corrected chi connectivity index (χ2v) is 3.62. The van der Waals surface area contributed by atoms with Crippen molar-refractivity contribution in [2.45, 2.75) is 31.0 Å². The zero-order chi connectivity index (χ0) is 11.2. The number of alkyl halides is 5. The Labute approximate surface area is 76.9 Å². The largest absolute Gasteiger partial charge is 0.453 e. The van der Waals surface area contributed by atoms with E-state index in [1.165, 1.54) is 0 Å². The quantitative estimate of drug-likeness (QED) is 0.687. The summed E-state index contributed by atoms with van der Waals surface area (Å²) in [4.78, 5) is 0. The molecule has 0 aromatic rings. The summed E-state index contributed by atoms with van der Waals surface area (Å²) in [6.07, 6.45) is -7.91. The molecule has 0 bridgehead atoms. The molecule has 0 spiro atoms. The van der Waals surface area contributed by atoms with Crippen LogP contribution in [0.4, 0.5) is 22.0 Å². The van der Waals surface area contributed by atoms with Crippen LogP contribution in [-0.2, 0) is 0 Å². The van der Waals surface area contributed by atoms with Crippen LogP contribution in [-0.4, -0.2) is 29.9 Å². The van der Waals surface area contributed by atoms with Crippen molar-refractivity contribution < 1.29 is 27.1 Å². The summed E-state index contributed by atoms with van der Waals surface area (Å²) in [5.41, 5.74) is 2.61. The minimum Gasteiger partial charge on any atom is -0.393 e. The van der Waals surface area contributed by atoms with Crippen molar-refractivity contribution in [2.24, 2.45) is 11.1 Å². The molecule has 3 N–H and O–H groups in total. The molecule has 1 rings (SSSR count). The summed E-state index contributed by atoms with van der Waals surface area (Å²) >= 11 is 0. The van der Waals surface area contributed by atoms with E-state index in [1.807, 2.05) is 0 Å². The minimum absolute atomic E-state index is 0.601. The van der Waals surface area contributed by atoms with Crippen LogP contribution in [0, 0.1) is 5.41 Å². The van der Waals surface area contributed by atoms with Crippen LogP contribution < -0.4 is 5.73 Å². The van der Waals surface area contributed by atoms with Gasteiger partial charge in [0, 0.05) is 6.54 Å². The Hall–Kier alpha value is -0.430. The van der Waals surface area contributed by atoms with Crippen LogP contribution in [0.2, 0.25) is 0 Å². The lowest BCUT2D eigenvalue weighted by Gasteiger charge is -2.49. The molecule has 0 radical (unpaired) electrons. The molecule has 0 atom stereocenters. The van der Waals surface area contributed by atoms with Gasteiger partial charge in [-0.1, -0.05) is 0 Å². The number of hydrogen-bond donors (Lipinski definition) is 2. The molecule has 0 amide bonds. The molecule has 0 heterocycles. The van der Waals surface area contributed by atoms with Gasteiger partial charge in [0.15, 0.2) is 0 Å². The fraction of sp³-hybridized carbons (Fsp3) is 1.00. The highest BCUT2D eigenvalue weighted by Gasteiger charge is 2.72. The van der Waals surface area contributed by atoms with Gasteiger partial charge in [-0.05, 0) is 12.8 Å². The second kappa shape index (κ2) is 3.03. The van der Waals surface area contributed by atoms with Gasteiger partial charge in [0.25, 0.3) is 0 Å². The SMILES string of the molecule is NCC1(C(F)(F)C(F)(F)F)CC(O)C1. The van der Waals surface area contributed by atoms with E-state index in [9.17, 15) is 22.0 Å². The van der Waals surface area contributed by atoms with Crippen molar-refractivity contribution in [2.75, 3.05) is 6.54 Å². The molecule has 0 unspecified atom stereocenters. The van der Waals surface area contributed by atoms with Crippen LogP contribution in [0.3, 0.4) is 0 Å². The predicted octanol–water partition coefficient (Wildman–Crippen LogP) is 1.28. The fourth-order valence-electron chi connectivity index (χ4n) is 1.69. The molecule has 1 aliphatic carbocycles. The molecule has 84 valence electrons. The van der Waals surface area contributed by atoms with Gasteiger partial charge in [0.1, 0.15) is 0 Å². The number of aliphatic hydroxyl groups is 1. The maximum absolute atomic E-state index is 12.9. The summed E-state index contributed by atoms with van der Waals surface area (Å²) in [6.45, 7) is -0.781. The summed E-state index contributed by atoms with van der Waals surface area (Å²) < 4.78 is 61.7. The van der Waals surface area contributed by atoms with Crippen LogP contribution >= 0.6 is 0 Å². The standard InChI is InChI=1S/C7H10F5NO/c8-6(9,7(10,11)12)5(3-13)1-4(14)2-5/h4,14H,1-3,13H2. The van der Waals surface area contributed by atoms with E-state index in [4.69, 9.17) is 10.8 Å². The molecule has 14 heavy (non-hydrogen) atoms. The highest BCUT2D eigenvalue weighted by Crippen LogP contribution is 2.57. The van der Waals surface area contributed by atoms with Gasteiger partial charge in [0.2, 0.25) is 0 Å². The first kappa shape index (κ1) is 11.6. The Bertz CT molecular complexity index is 221. The van der Waals surface area contributed by atoms with Gasteiger partial charge in [-0.2, -0.15) is 22.0 Å². The zero-order valence-electron chi connectivity index (χ0n) is 7.11. The molecule has 0 aromatic heterocycles. The van der Waals surface area contributed by atoms with Gasteiger partial charge in [0.05, 0.1) is 11.5 Å². The first-order valence-electron chi connectivity index (χ1n) is 3.99. The smallest absolute Gasteiger partial charge is 0.393 e. The van der Waals surface area contributed by atoms with Crippen LogP contribution in [0.1, 0.15) is 12.8 Å². The van der Waals surface area contributed by atoms with E-state index in [0.29, 0.717) is 0 Å². The van der Waals surface area contributed by atoms with E-state index in [1.54, 1.807) is 0 Å². The summed E-state index contributed by atoms with van der Waals surface area (Å²) in [7, 11) is 0. The summed E-state index contributed by atoms with van der Waals surface area (Å²) in [6, 6.07) is 0. The van der Waals surface area contributed by atoms with E-state index in [-0.39, 0.29) is 0 Å². The Morgan fingerprint density at radius 3 is 1.86 bits per heavy atom. The van der Waals surface area contributed by atoms with Crippen molar-refractivity contribution >= 4 is 0 Å². The lowest BCUT2D eigenvalue weighted by molar-refractivity contribution is -0.346. The van der Waals surface area contributed by atoms with Crippen molar-refractivity contribution in [1.29, 1.82) is 0 Å². The van der Waals surface area contributed by atoms with Gasteiger partial charge >= 0.3 is 12.1 Å². The zero-order valence-corrected chi connectivity index (χ0v) is 7.11. The predicted molar refractivity (Wildman–Crippen MR) is 37.7 cm³/mol. The van der Waals surface area contributed by atoms with Crippen molar-refractivity contribution in [3.05, 3.63) is 0 Å². The fourth-order valence-corrected chi connectivity index (χ4v) is 1.69. The Kier molecular flexibility index (Phi) is 2.52. The van der Waals surface area contributed by atoms with E-state index in [0.717, 1.165) is 0 Å². The first-order valence-corrected chi connectivity index (χ1v) is 3.99. The molecule has 1 aliphatic rings. The highest BCUT2D eigenvalue weighted by atomic mass is 19.4.